The van der Waals surface area contributed by atoms with Gasteiger partial charge in [0, 0.05) is 11.6 Å². The lowest BCUT2D eigenvalue weighted by molar-refractivity contribution is 0.461. The molecule has 0 bridgehead atoms. The van der Waals surface area contributed by atoms with Gasteiger partial charge in [0.1, 0.15) is 5.75 Å². The van der Waals surface area contributed by atoms with E-state index in [1.54, 1.807) is 18.2 Å². The zero-order valence-electron chi connectivity index (χ0n) is 8.13. The molecule has 0 heterocycles. The molecule has 0 spiro atoms. The minimum absolute atomic E-state index is 0.0721. The molecule has 1 rings (SSSR count). The summed E-state index contributed by atoms with van der Waals surface area (Å²) in [5.41, 5.74) is 7.54. The molecular weight excluding hydrogens is 198 g/mol. The van der Waals surface area contributed by atoms with E-state index in [1.807, 2.05) is 6.92 Å². The van der Waals surface area contributed by atoms with Gasteiger partial charge in [-0.15, -0.1) is 6.58 Å². The average molecular weight is 212 g/mol. The van der Waals surface area contributed by atoms with Gasteiger partial charge in [-0.05, 0) is 19.4 Å². The lowest BCUT2D eigenvalue weighted by atomic mass is 10.0. The second-order valence-electron chi connectivity index (χ2n) is 3.45. The zero-order valence-corrected chi connectivity index (χ0v) is 8.88. The van der Waals surface area contributed by atoms with Gasteiger partial charge in [-0.25, -0.2) is 0 Å². The van der Waals surface area contributed by atoms with Crippen LogP contribution in [0.4, 0.5) is 0 Å². The van der Waals surface area contributed by atoms with Crippen LogP contribution in [-0.4, -0.2) is 5.11 Å². The highest BCUT2D eigenvalue weighted by molar-refractivity contribution is 6.32. The Morgan fingerprint density at radius 3 is 2.86 bits per heavy atom. The highest BCUT2D eigenvalue weighted by Crippen LogP contribution is 2.32. The van der Waals surface area contributed by atoms with Crippen LogP contribution in [0.3, 0.4) is 0 Å². The number of phenolic OH excluding ortho intramolecular Hbond substituents is 1. The van der Waals surface area contributed by atoms with E-state index in [1.165, 1.54) is 0 Å². The van der Waals surface area contributed by atoms with Crippen molar-refractivity contribution in [3.63, 3.8) is 0 Å². The number of nitrogens with two attached hydrogens (primary N) is 1. The first-order chi connectivity index (χ1) is 6.52. The van der Waals surface area contributed by atoms with E-state index >= 15 is 0 Å². The van der Waals surface area contributed by atoms with Crippen LogP contribution >= 0.6 is 11.6 Å². The number of phenols is 1. The monoisotopic (exact) mass is 211 g/mol. The Hall–Kier alpha value is -0.990. The van der Waals surface area contributed by atoms with E-state index < -0.39 is 0 Å². The summed E-state index contributed by atoms with van der Waals surface area (Å²) in [6, 6.07) is 4.93. The molecule has 0 aliphatic carbocycles. The summed E-state index contributed by atoms with van der Waals surface area (Å²) in [5, 5.41) is 9.97. The van der Waals surface area contributed by atoms with Gasteiger partial charge in [0.2, 0.25) is 0 Å². The molecule has 1 aromatic carbocycles. The van der Waals surface area contributed by atoms with E-state index in [2.05, 4.69) is 6.58 Å². The second-order valence-corrected chi connectivity index (χ2v) is 3.85. The average Bonchev–Trinajstić information content (AvgIpc) is 2.08. The topological polar surface area (TPSA) is 46.2 Å². The van der Waals surface area contributed by atoms with Crippen LogP contribution in [0.5, 0.6) is 5.75 Å². The molecule has 3 N–H and O–H groups in total. The van der Waals surface area contributed by atoms with E-state index in [0.29, 0.717) is 17.0 Å². The van der Waals surface area contributed by atoms with Crippen LogP contribution in [0.2, 0.25) is 5.02 Å². The molecule has 1 atom stereocenters. The van der Waals surface area contributed by atoms with Crippen molar-refractivity contribution < 1.29 is 5.11 Å². The zero-order chi connectivity index (χ0) is 10.7. The van der Waals surface area contributed by atoms with E-state index in [-0.39, 0.29) is 11.8 Å². The standard InChI is InChI=1S/C11H14ClNO/c1-7(2)6-10(13)8-4-3-5-9(12)11(8)14/h3-5,10,14H,1,6,13H2,2H3/t10-/m0/s1. The van der Waals surface area contributed by atoms with Crippen molar-refractivity contribution in [2.45, 2.75) is 19.4 Å². The van der Waals surface area contributed by atoms with Crippen molar-refractivity contribution in [2.24, 2.45) is 5.73 Å². The Kier molecular flexibility index (Phi) is 3.55. The molecule has 0 saturated heterocycles. The van der Waals surface area contributed by atoms with E-state index in [9.17, 15) is 5.11 Å². The van der Waals surface area contributed by atoms with Gasteiger partial charge in [0.25, 0.3) is 0 Å². The van der Waals surface area contributed by atoms with Crippen molar-refractivity contribution in [3.8, 4) is 5.75 Å². The van der Waals surface area contributed by atoms with Gasteiger partial charge in [-0.3, -0.25) is 0 Å². The summed E-state index contributed by atoms with van der Waals surface area (Å²) in [7, 11) is 0. The molecule has 0 amide bonds. The third-order valence-corrected chi connectivity index (χ3v) is 2.29. The minimum atomic E-state index is -0.244. The fourth-order valence-corrected chi connectivity index (χ4v) is 1.50. The Labute approximate surface area is 89.0 Å². The Morgan fingerprint density at radius 1 is 1.64 bits per heavy atom. The molecule has 0 radical (unpaired) electrons. The number of benzene rings is 1. The Balaban J connectivity index is 2.95. The summed E-state index contributed by atoms with van der Waals surface area (Å²) in [4.78, 5) is 0. The summed E-state index contributed by atoms with van der Waals surface area (Å²) >= 11 is 5.77. The molecule has 3 heteroatoms. The predicted molar refractivity (Wildman–Crippen MR) is 59.5 cm³/mol. The van der Waals surface area contributed by atoms with Crippen molar-refractivity contribution in [2.75, 3.05) is 0 Å². The number of rotatable bonds is 3. The van der Waals surface area contributed by atoms with E-state index in [4.69, 9.17) is 17.3 Å². The van der Waals surface area contributed by atoms with Crippen LogP contribution in [0, 0.1) is 0 Å². The Bertz CT molecular complexity index is 349. The van der Waals surface area contributed by atoms with Crippen LogP contribution in [0.25, 0.3) is 0 Å². The van der Waals surface area contributed by atoms with Crippen molar-refractivity contribution in [1.29, 1.82) is 0 Å². The van der Waals surface area contributed by atoms with Gasteiger partial charge in [-0.2, -0.15) is 0 Å². The fourth-order valence-electron chi connectivity index (χ4n) is 1.32. The first-order valence-electron chi connectivity index (χ1n) is 4.39. The molecule has 0 aliphatic rings. The number of hydrogen-bond donors (Lipinski definition) is 2. The van der Waals surface area contributed by atoms with E-state index in [0.717, 1.165) is 5.57 Å². The minimum Gasteiger partial charge on any atom is -0.506 e. The number of aromatic hydroxyl groups is 1. The summed E-state index contributed by atoms with van der Waals surface area (Å²) in [5.74, 6) is 0.0721. The largest absolute Gasteiger partial charge is 0.506 e. The number of halogens is 1. The van der Waals surface area contributed by atoms with Gasteiger partial charge < -0.3 is 10.8 Å². The van der Waals surface area contributed by atoms with Crippen molar-refractivity contribution in [3.05, 3.63) is 40.9 Å². The maximum Gasteiger partial charge on any atom is 0.138 e. The summed E-state index contributed by atoms with van der Waals surface area (Å²) in [6.45, 7) is 5.68. The quantitative estimate of drug-likeness (QED) is 0.755. The predicted octanol–water partition coefficient (Wildman–Crippen LogP) is 3.01. The van der Waals surface area contributed by atoms with Crippen molar-refractivity contribution in [1.82, 2.24) is 0 Å². The van der Waals surface area contributed by atoms with Crippen LogP contribution < -0.4 is 5.73 Å². The molecule has 76 valence electrons. The van der Waals surface area contributed by atoms with Crippen LogP contribution in [-0.2, 0) is 0 Å². The van der Waals surface area contributed by atoms with Gasteiger partial charge in [-0.1, -0.05) is 29.3 Å². The van der Waals surface area contributed by atoms with Gasteiger partial charge in [0.05, 0.1) is 5.02 Å². The lowest BCUT2D eigenvalue weighted by Crippen LogP contribution is -2.10. The lowest BCUT2D eigenvalue weighted by Gasteiger charge is -2.13. The maximum atomic E-state index is 9.64. The molecule has 0 aromatic heterocycles. The molecule has 2 nitrogen and oxygen atoms in total. The van der Waals surface area contributed by atoms with Crippen LogP contribution in [0.15, 0.2) is 30.4 Å². The van der Waals surface area contributed by atoms with Crippen molar-refractivity contribution >= 4 is 11.6 Å². The normalized spacial score (nSPS) is 12.5. The molecular formula is C11H14ClNO. The summed E-state index contributed by atoms with van der Waals surface area (Å²) < 4.78 is 0. The smallest absolute Gasteiger partial charge is 0.138 e. The molecule has 0 fully saturated rings. The van der Waals surface area contributed by atoms with Gasteiger partial charge >= 0.3 is 0 Å². The molecule has 0 unspecified atom stereocenters. The highest BCUT2D eigenvalue weighted by Gasteiger charge is 2.12. The first kappa shape index (κ1) is 11.1. The maximum absolute atomic E-state index is 9.64. The Morgan fingerprint density at radius 2 is 2.29 bits per heavy atom. The molecule has 14 heavy (non-hydrogen) atoms. The second kappa shape index (κ2) is 4.49. The molecule has 1 aromatic rings. The highest BCUT2D eigenvalue weighted by atomic mass is 35.5. The number of hydrogen-bond acceptors (Lipinski definition) is 2. The molecule has 0 saturated carbocycles. The third-order valence-electron chi connectivity index (χ3n) is 1.99. The third kappa shape index (κ3) is 2.50. The first-order valence-corrected chi connectivity index (χ1v) is 4.77. The van der Waals surface area contributed by atoms with Crippen LogP contribution in [0.1, 0.15) is 24.9 Å². The van der Waals surface area contributed by atoms with Gasteiger partial charge in [0.15, 0.2) is 0 Å². The fraction of sp³-hybridized carbons (Fsp3) is 0.273. The molecule has 0 aliphatic heterocycles. The SMILES string of the molecule is C=C(C)C[C@H](N)c1cccc(Cl)c1O. The summed E-state index contributed by atoms with van der Waals surface area (Å²) in [6.07, 6.45) is 0.647. The number of para-hydroxylation sites is 1.